The van der Waals surface area contributed by atoms with E-state index >= 15 is 0 Å². The molecule has 0 aromatic heterocycles. The average Bonchev–Trinajstić information content (AvgIpc) is 2.80. The quantitative estimate of drug-likeness (QED) is 0.250. The maximum Gasteiger partial charge on any atom is 0.0487 e. The molecular formula is C32H33Cl. The van der Waals surface area contributed by atoms with Gasteiger partial charge in [-0.3, -0.25) is 0 Å². The van der Waals surface area contributed by atoms with Crippen LogP contribution < -0.4 is 0 Å². The van der Waals surface area contributed by atoms with Crippen molar-refractivity contribution in [2.75, 3.05) is 0 Å². The SMILES string of the molecule is CC(C)Cc1ccc(-c2ccc(CC(C)Cc3ccc(-c4ccccc4)cc3)cc2)c(Cl)c1. The molecule has 0 heterocycles. The summed E-state index contributed by atoms with van der Waals surface area (Å²) in [5.41, 5.74) is 8.92. The number of hydrogen-bond acceptors (Lipinski definition) is 0. The highest BCUT2D eigenvalue weighted by Crippen LogP contribution is 2.30. The first-order chi connectivity index (χ1) is 16.0. The van der Waals surface area contributed by atoms with E-state index in [1.165, 1.54) is 33.4 Å². The molecule has 0 saturated heterocycles. The molecule has 0 N–H and O–H groups in total. The van der Waals surface area contributed by atoms with Crippen LogP contribution in [-0.2, 0) is 19.3 Å². The Morgan fingerprint density at radius 3 is 1.61 bits per heavy atom. The van der Waals surface area contributed by atoms with Crippen LogP contribution in [0.4, 0.5) is 0 Å². The summed E-state index contributed by atoms with van der Waals surface area (Å²) in [6.45, 7) is 6.81. The minimum atomic E-state index is 0.581. The van der Waals surface area contributed by atoms with Gasteiger partial charge in [0.2, 0.25) is 0 Å². The van der Waals surface area contributed by atoms with Gasteiger partial charge in [0.05, 0.1) is 0 Å². The molecule has 1 atom stereocenters. The van der Waals surface area contributed by atoms with Gasteiger partial charge in [-0.05, 0) is 70.5 Å². The van der Waals surface area contributed by atoms with Gasteiger partial charge in [-0.1, -0.05) is 123 Å². The van der Waals surface area contributed by atoms with E-state index < -0.39 is 0 Å². The third-order valence-corrected chi connectivity index (χ3v) is 6.48. The minimum Gasteiger partial charge on any atom is -0.0837 e. The zero-order valence-electron chi connectivity index (χ0n) is 19.9. The molecular weight excluding hydrogens is 420 g/mol. The molecule has 0 nitrogen and oxygen atoms in total. The molecule has 0 bridgehead atoms. The zero-order valence-corrected chi connectivity index (χ0v) is 20.6. The van der Waals surface area contributed by atoms with Crippen LogP contribution in [0.2, 0.25) is 5.02 Å². The second-order valence-corrected chi connectivity index (χ2v) is 10.1. The Labute approximate surface area is 204 Å². The molecule has 0 saturated carbocycles. The van der Waals surface area contributed by atoms with E-state index in [-0.39, 0.29) is 0 Å². The summed E-state index contributed by atoms with van der Waals surface area (Å²) in [4.78, 5) is 0. The molecule has 33 heavy (non-hydrogen) atoms. The first-order valence-electron chi connectivity index (χ1n) is 12.0. The Balaban J connectivity index is 1.37. The van der Waals surface area contributed by atoms with Crippen molar-refractivity contribution in [2.45, 2.75) is 40.0 Å². The molecule has 0 aliphatic heterocycles. The monoisotopic (exact) mass is 452 g/mol. The van der Waals surface area contributed by atoms with Gasteiger partial charge in [-0.25, -0.2) is 0 Å². The van der Waals surface area contributed by atoms with Gasteiger partial charge < -0.3 is 0 Å². The molecule has 0 spiro atoms. The summed E-state index contributed by atoms with van der Waals surface area (Å²) in [7, 11) is 0. The lowest BCUT2D eigenvalue weighted by Crippen LogP contribution is -2.04. The van der Waals surface area contributed by atoms with E-state index in [0.717, 1.165) is 29.8 Å². The van der Waals surface area contributed by atoms with Gasteiger partial charge >= 0.3 is 0 Å². The van der Waals surface area contributed by atoms with Crippen LogP contribution in [0.5, 0.6) is 0 Å². The Bertz CT molecular complexity index is 1160. The molecule has 0 aliphatic rings. The van der Waals surface area contributed by atoms with Crippen LogP contribution in [0, 0.1) is 11.8 Å². The van der Waals surface area contributed by atoms with Crippen LogP contribution in [-0.4, -0.2) is 0 Å². The first-order valence-corrected chi connectivity index (χ1v) is 12.4. The molecule has 1 unspecified atom stereocenters. The molecule has 0 amide bonds. The van der Waals surface area contributed by atoms with E-state index in [9.17, 15) is 0 Å². The summed E-state index contributed by atoms with van der Waals surface area (Å²) in [6, 6.07) is 35.0. The Morgan fingerprint density at radius 1 is 0.545 bits per heavy atom. The van der Waals surface area contributed by atoms with Crippen molar-refractivity contribution in [3.63, 3.8) is 0 Å². The summed E-state index contributed by atoms with van der Waals surface area (Å²) in [5.74, 6) is 1.22. The predicted molar refractivity (Wildman–Crippen MR) is 144 cm³/mol. The van der Waals surface area contributed by atoms with Crippen molar-refractivity contribution in [1.29, 1.82) is 0 Å². The van der Waals surface area contributed by atoms with Crippen molar-refractivity contribution >= 4 is 11.6 Å². The predicted octanol–water partition coefficient (Wildman–Crippen LogP) is 9.29. The van der Waals surface area contributed by atoms with Crippen LogP contribution >= 0.6 is 11.6 Å². The molecule has 4 aromatic rings. The van der Waals surface area contributed by atoms with Gasteiger partial charge in [0.15, 0.2) is 0 Å². The number of benzene rings is 4. The van der Waals surface area contributed by atoms with Crippen LogP contribution in [0.25, 0.3) is 22.3 Å². The minimum absolute atomic E-state index is 0.581. The summed E-state index contributed by atoms with van der Waals surface area (Å²) in [6.07, 6.45) is 3.22. The lowest BCUT2D eigenvalue weighted by Gasteiger charge is -2.13. The normalized spacial score (nSPS) is 12.2. The largest absolute Gasteiger partial charge is 0.0837 e. The Hall–Kier alpha value is -2.83. The molecule has 168 valence electrons. The van der Waals surface area contributed by atoms with E-state index in [2.05, 4.69) is 118 Å². The fraction of sp³-hybridized carbons (Fsp3) is 0.250. The van der Waals surface area contributed by atoms with Crippen LogP contribution in [0.3, 0.4) is 0 Å². The molecule has 4 rings (SSSR count). The van der Waals surface area contributed by atoms with E-state index in [4.69, 9.17) is 11.6 Å². The Morgan fingerprint density at radius 2 is 1.06 bits per heavy atom. The van der Waals surface area contributed by atoms with Crippen molar-refractivity contribution in [1.82, 2.24) is 0 Å². The molecule has 0 aliphatic carbocycles. The maximum absolute atomic E-state index is 6.61. The smallest absolute Gasteiger partial charge is 0.0487 e. The van der Waals surface area contributed by atoms with Gasteiger partial charge in [-0.15, -0.1) is 0 Å². The van der Waals surface area contributed by atoms with Gasteiger partial charge in [-0.2, -0.15) is 0 Å². The van der Waals surface area contributed by atoms with Crippen LogP contribution in [0.1, 0.15) is 37.5 Å². The summed E-state index contributed by atoms with van der Waals surface area (Å²) < 4.78 is 0. The highest BCUT2D eigenvalue weighted by molar-refractivity contribution is 6.33. The van der Waals surface area contributed by atoms with Gasteiger partial charge in [0.25, 0.3) is 0 Å². The third-order valence-electron chi connectivity index (χ3n) is 6.17. The van der Waals surface area contributed by atoms with E-state index in [1.807, 2.05) is 0 Å². The molecule has 1 heteroatoms. The second kappa shape index (κ2) is 10.9. The standard InChI is InChI=1S/C32H33Cl/c1-23(2)19-27-13-18-31(32(33)22-27)30-16-11-26(12-17-30)21-24(3)20-25-9-14-29(15-10-25)28-7-5-4-6-8-28/h4-18,22-24H,19-21H2,1-3H3. The van der Waals surface area contributed by atoms with Crippen molar-refractivity contribution < 1.29 is 0 Å². The van der Waals surface area contributed by atoms with E-state index in [0.29, 0.717) is 11.8 Å². The molecule has 0 radical (unpaired) electrons. The maximum atomic E-state index is 6.61. The fourth-order valence-electron chi connectivity index (χ4n) is 4.55. The lowest BCUT2D eigenvalue weighted by molar-refractivity contribution is 0.577. The topological polar surface area (TPSA) is 0 Å². The highest BCUT2D eigenvalue weighted by atomic mass is 35.5. The summed E-state index contributed by atoms with van der Waals surface area (Å²) >= 11 is 6.61. The van der Waals surface area contributed by atoms with E-state index in [1.54, 1.807) is 0 Å². The van der Waals surface area contributed by atoms with Gasteiger partial charge in [0, 0.05) is 10.6 Å². The average molecular weight is 453 g/mol. The van der Waals surface area contributed by atoms with Crippen molar-refractivity contribution in [3.05, 3.63) is 119 Å². The lowest BCUT2D eigenvalue weighted by atomic mass is 9.92. The third kappa shape index (κ3) is 6.36. The number of halogens is 1. The van der Waals surface area contributed by atoms with Crippen molar-refractivity contribution in [2.24, 2.45) is 11.8 Å². The fourth-order valence-corrected chi connectivity index (χ4v) is 4.86. The zero-order chi connectivity index (χ0) is 23.2. The number of rotatable bonds is 8. The second-order valence-electron chi connectivity index (χ2n) is 9.69. The molecule has 4 aromatic carbocycles. The van der Waals surface area contributed by atoms with Crippen molar-refractivity contribution in [3.8, 4) is 22.3 Å². The first kappa shape index (κ1) is 23.3. The Kier molecular flexibility index (Phi) is 7.68. The highest BCUT2D eigenvalue weighted by Gasteiger charge is 2.09. The number of hydrogen-bond donors (Lipinski definition) is 0. The van der Waals surface area contributed by atoms with Gasteiger partial charge in [0.1, 0.15) is 0 Å². The molecule has 0 fully saturated rings. The summed E-state index contributed by atoms with van der Waals surface area (Å²) in [5, 5.41) is 0.841. The van der Waals surface area contributed by atoms with Crippen LogP contribution in [0.15, 0.2) is 97.1 Å².